The summed E-state index contributed by atoms with van der Waals surface area (Å²) in [6.45, 7) is 0. The molecule has 3 aromatic carbocycles. The number of carbonyl (C=O) groups is 2. The zero-order chi connectivity index (χ0) is 23.2. The molecule has 5 nitrogen and oxygen atoms in total. The Morgan fingerprint density at radius 1 is 0.970 bits per heavy atom. The van der Waals surface area contributed by atoms with E-state index in [2.05, 4.69) is 6.07 Å². The summed E-state index contributed by atoms with van der Waals surface area (Å²) in [5.74, 6) is -1.85. The van der Waals surface area contributed by atoms with Gasteiger partial charge in [-0.05, 0) is 23.3 Å². The Balaban J connectivity index is 1.84. The van der Waals surface area contributed by atoms with Crippen molar-refractivity contribution < 1.29 is 9.59 Å². The number of carbonyl (C=O) groups excluding carboxylic acids is 2. The second-order valence-electron chi connectivity index (χ2n) is 8.29. The second-order valence-corrected chi connectivity index (χ2v) is 8.70. The van der Waals surface area contributed by atoms with Crippen LogP contribution in [0.15, 0.2) is 84.9 Å². The van der Waals surface area contributed by atoms with Gasteiger partial charge >= 0.3 is 0 Å². The van der Waals surface area contributed by atoms with Gasteiger partial charge < -0.3 is 10.6 Å². The summed E-state index contributed by atoms with van der Waals surface area (Å²) in [5.41, 5.74) is 6.98. The van der Waals surface area contributed by atoms with E-state index in [4.69, 9.17) is 17.3 Å². The molecule has 2 aliphatic rings. The van der Waals surface area contributed by atoms with Crippen LogP contribution in [0.4, 0.5) is 5.69 Å². The number of anilines is 1. The van der Waals surface area contributed by atoms with Crippen LogP contribution in [0.3, 0.4) is 0 Å². The highest BCUT2D eigenvalue weighted by Crippen LogP contribution is 2.56. The molecule has 5 rings (SSSR count). The number of Topliss-reactive ketones (excluding diaryl/α,β-unsaturated/α-hetero) is 1. The molecule has 0 unspecified atom stereocenters. The van der Waals surface area contributed by atoms with Gasteiger partial charge in [0.05, 0.1) is 12.1 Å². The van der Waals surface area contributed by atoms with Gasteiger partial charge in [0.15, 0.2) is 11.2 Å². The fourth-order valence-electron chi connectivity index (χ4n) is 5.27. The number of primary amides is 1. The first-order valence-corrected chi connectivity index (χ1v) is 11.0. The molecule has 1 saturated heterocycles. The maximum Gasteiger partial charge on any atom is 0.241 e. The van der Waals surface area contributed by atoms with Gasteiger partial charge in [0.1, 0.15) is 6.04 Å². The molecule has 6 heteroatoms. The van der Waals surface area contributed by atoms with Crippen LogP contribution in [0.2, 0.25) is 5.02 Å². The molecule has 0 spiro atoms. The Bertz CT molecular complexity index is 1330. The number of halogens is 1. The van der Waals surface area contributed by atoms with Crippen molar-refractivity contribution in [2.75, 3.05) is 4.90 Å². The molecular weight excluding hydrogens is 434 g/mol. The lowest BCUT2D eigenvalue weighted by atomic mass is 9.67. The predicted octanol–water partition coefficient (Wildman–Crippen LogP) is 4.59. The molecule has 33 heavy (non-hydrogen) atoms. The van der Waals surface area contributed by atoms with Crippen LogP contribution < -0.4 is 10.6 Å². The number of hydrogen-bond donors (Lipinski definition) is 1. The van der Waals surface area contributed by atoms with Crippen molar-refractivity contribution in [3.05, 3.63) is 107 Å². The summed E-state index contributed by atoms with van der Waals surface area (Å²) in [6.07, 6.45) is 3.68. The molecule has 4 atom stereocenters. The zero-order valence-electron chi connectivity index (χ0n) is 17.6. The predicted molar refractivity (Wildman–Crippen MR) is 128 cm³/mol. The maximum absolute atomic E-state index is 14.1. The molecule has 2 heterocycles. The Morgan fingerprint density at radius 3 is 2.33 bits per heavy atom. The summed E-state index contributed by atoms with van der Waals surface area (Å²) >= 11 is 6.60. The van der Waals surface area contributed by atoms with Crippen LogP contribution in [0.5, 0.6) is 0 Å². The van der Waals surface area contributed by atoms with E-state index in [1.807, 2.05) is 41.3 Å². The van der Waals surface area contributed by atoms with E-state index in [1.165, 1.54) is 0 Å². The summed E-state index contributed by atoms with van der Waals surface area (Å²) in [6, 6.07) is 24.2. The van der Waals surface area contributed by atoms with Crippen molar-refractivity contribution in [3.8, 4) is 6.07 Å². The van der Waals surface area contributed by atoms with Crippen molar-refractivity contribution in [1.29, 1.82) is 5.26 Å². The zero-order valence-corrected chi connectivity index (χ0v) is 18.3. The monoisotopic (exact) mass is 453 g/mol. The lowest BCUT2D eigenvalue weighted by Gasteiger charge is -2.36. The number of para-hydroxylation sites is 1. The lowest BCUT2D eigenvalue weighted by Crippen LogP contribution is -2.49. The van der Waals surface area contributed by atoms with Crippen molar-refractivity contribution in [2.45, 2.75) is 18.0 Å². The van der Waals surface area contributed by atoms with Gasteiger partial charge in [-0.25, -0.2) is 0 Å². The van der Waals surface area contributed by atoms with E-state index >= 15 is 0 Å². The first-order valence-electron chi connectivity index (χ1n) is 10.6. The molecule has 0 radical (unpaired) electrons. The van der Waals surface area contributed by atoms with Crippen LogP contribution in [0.25, 0.3) is 6.08 Å². The minimum absolute atomic E-state index is 0.200. The Morgan fingerprint density at radius 2 is 1.64 bits per heavy atom. The number of rotatable bonds is 4. The minimum atomic E-state index is -1.70. The van der Waals surface area contributed by atoms with Gasteiger partial charge in [0.25, 0.3) is 0 Å². The van der Waals surface area contributed by atoms with Gasteiger partial charge in [-0.15, -0.1) is 0 Å². The van der Waals surface area contributed by atoms with Crippen LogP contribution in [0, 0.1) is 16.7 Å². The normalized spacial score (nSPS) is 25.1. The van der Waals surface area contributed by atoms with E-state index in [9.17, 15) is 14.9 Å². The maximum atomic E-state index is 14.1. The third-order valence-electron chi connectivity index (χ3n) is 6.71. The topological polar surface area (TPSA) is 87.2 Å². The van der Waals surface area contributed by atoms with E-state index in [-0.39, 0.29) is 5.78 Å². The van der Waals surface area contributed by atoms with Crippen molar-refractivity contribution in [1.82, 2.24) is 0 Å². The Hall–Kier alpha value is -3.88. The molecule has 3 aromatic rings. The summed E-state index contributed by atoms with van der Waals surface area (Å²) in [7, 11) is 0. The fourth-order valence-corrected chi connectivity index (χ4v) is 5.53. The first-order chi connectivity index (χ1) is 16.0. The average Bonchev–Trinajstić information content (AvgIpc) is 3.16. The van der Waals surface area contributed by atoms with Gasteiger partial charge in [-0.2, -0.15) is 5.26 Å². The minimum Gasteiger partial charge on any atom is -0.368 e. The summed E-state index contributed by atoms with van der Waals surface area (Å²) in [4.78, 5) is 29.1. The van der Waals surface area contributed by atoms with Crippen LogP contribution >= 0.6 is 11.6 Å². The number of benzene rings is 3. The third-order valence-corrected chi connectivity index (χ3v) is 7.05. The van der Waals surface area contributed by atoms with Crippen LogP contribution in [-0.2, 0) is 4.79 Å². The summed E-state index contributed by atoms with van der Waals surface area (Å²) < 4.78 is 0. The molecule has 0 aliphatic carbocycles. The number of fused-ring (bicyclic) bond motifs is 3. The second kappa shape index (κ2) is 7.91. The Kier molecular flexibility index (Phi) is 5.03. The molecular formula is C27H20ClN3O2. The largest absolute Gasteiger partial charge is 0.368 e. The molecule has 2 aliphatic heterocycles. The number of amides is 1. The smallest absolute Gasteiger partial charge is 0.241 e. The lowest BCUT2D eigenvalue weighted by molar-refractivity contribution is -0.125. The van der Waals surface area contributed by atoms with Crippen LogP contribution in [0.1, 0.15) is 27.4 Å². The van der Waals surface area contributed by atoms with E-state index in [0.29, 0.717) is 16.1 Å². The molecule has 2 N–H and O–H groups in total. The fraction of sp³-hybridized carbons (Fsp3) is 0.148. The molecule has 162 valence electrons. The molecule has 1 fully saturated rings. The van der Waals surface area contributed by atoms with Gasteiger partial charge in [-0.1, -0.05) is 90.5 Å². The van der Waals surface area contributed by atoms with Crippen molar-refractivity contribution in [3.63, 3.8) is 0 Å². The highest BCUT2D eigenvalue weighted by atomic mass is 35.5. The van der Waals surface area contributed by atoms with Crippen molar-refractivity contribution in [2.24, 2.45) is 11.1 Å². The average molecular weight is 454 g/mol. The first kappa shape index (κ1) is 21.0. The highest BCUT2D eigenvalue weighted by molar-refractivity contribution is 6.31. The number of hydrogen-bond acceptors (Lipinski definition) is 4. The molecule has 0 bridgehead atoms. The standard InChI is InChI=1S/C27H20ClN3O2/c28-20-12-6-5-11-19(20)23-24(25(32)18-9-2-1-3-10-18)31-21-13-7-4-8-17(21)14-15-22(31)27(23,16-29)26(30)33/h1-15,22-24H,(H2,30,33)/t22-,23+,24+,27+/m0/s1. The summed E-state index contributed by atoms with van der Waals surface area (Å²) in [5, 5.41) is 10.9. The van der Waals surface area contributed by atoms with Crippen molar-refractivity contribution >= 4 is 35.1 Å². The van der Waals surface area contributed by atoms with Gasteiger partial charge in [0.2, 0.25) is 5.91 Å². The Labute approximate surface area is 196 Å². The van der Waals surface area contributed by atoms with E-state index in [0.717, 1.165) is 11.3 Å². The SMILES string of the molecule is N#C[C@]1(C(N)=O)[C@H](c2ccccc2Cl)[C@H](C(=O)c2ccccc2)N2c3ccccc3C=C[C@H]21. The quantitative estimate of drug-likeness (QED) is 0.585. The van der Waals surface area contributed by atoms with Crippen LogP contribution in [-0.4, -0.2) is 23.8 Å². The van der Waals surface area contributed by atoms with E-state index < -0.39 is 29.3 Å². The van der Waals surface area contributed by atoms with Gasteiger partial charge in [0, 0.05) is 22.2 Å². The number of ketones is 1. The number of nitrogens with two attached hydrogens (primary N) is 1. The van der Waals surface area contributed by atoms with Gasteiger partial charge in [-0.3, -0.25) is 9.59 Å². The number of nitrogens with zero attached hydrogens (tertiary/aromatic N) is 2. The molecule has 0 saturated carbocycles. The molecule has 1 amide bonds. The third kappa shape index (κ3) is 2.99. The highest BCUT2D eigenvalue weighted by Gasteiger charge is 2.66. The molecule has 0 aromatic heterocycles. The number of nitriles is 1. The van der Waals surface area contributed by atoms with E-state index in [1.54, 1.807) is 54.6 Å².